The van der Waals surface area contributed by atoms with Gasteiger partial charge in [-0.2, -0.15) is 0 Å². The molecule has 1 amide bonds. The maximum absolute atomic E-state index is 12.2. The first-order valence-electron chi connectivity index (χ1n) is 6.54. The lowest BCUT2D eigenvalue weighted by Gasteiger charge is -2.22. The number of carboxylic acid groups (broad SMARTS) is 1. The van der Waals surface area contributed by atoms with Gasteiger partial charge in [0.1, 0.15) is 5.75 Å². The molecule has 6 heteroatoms. The molecule has 0 aromatic heterocycles. The van der Waals surface area contributed by atoms with Crippen LogP contribution in [0.3, 0.4) is 0 Å². The molecule has 108 valence electrons. The number of ether oxygens (including phenoxy) is 1. The van der Waals surface area contributed by atoms with E-state index >= 15 is 0 Å². The fourth-order valence-electron chi connectivity index (χ4n) is 2.25. The Kier molecular flexibility index (Phi) is 4.57. The number of aromatic carboxylic acids is 1. The second-order valence-corrected chi connectivity index (χ2v) is 4.75. The zero-order valence-corrected chi connectivity index (χ0v) is 11.3. The van der Waals surface area contributed by atoms with Gasteiger partial charge in [0.15, 0.2) is 0 Å². The van der Waals surface area contributed by atoms with Crippen LogP contribution in [0.5, 0.6) is 5.75 Å². The van der Waals surface area contributed by atoms with Gasteiger partial charge in [0.25, 0.3) is 0 Å². The molecule has 1 fully saturated rings. The Labute approximate surface area is 117 Å². The first-order chi connectivity index (χ1) is 9.61. The lowest BCUT2D eigenvalue weighted by atomic mass is 9.98. The highest BCUT2D eigenvalue weighted by atomic mass is 16.5. The molecule has 1 aliphatic rings. The molecule has 0 spiro atoms. The number of carbonyl (C=O) groups is 2. The standard InChI is InChI=1S/C14H18N2O4/c1-20-12-5-4-9(14(18)19)7-11(12)16-13(17)10-3-2-6-15-8-10/h4-5,7,10,15H,2-3,6,8H2,1H3,(H,16,17)(H,18,19). The van der Waals surface area contributed by atoms with Gasteiger partial charge in [0.05, 0.1) is 24.3 Å². The quantitative estimate of drug-likeness (QED) is 0.773. The molecule has 1 saturated heterocycles. The lowest BCUT2D eigenvalue weighted by molar-refractivity contribution is -0.120. The van der Waals surface area contributed by atoms with Crippen molar-refractivity contribution in [3.63, 3.8) is 0 Å². The number of carbonyl (C=O) groups excluding carboxylic acids is 1. The maximum atomic E-state index is 12.2. The Balaban J connectivity index is 2.15. The predicted molar refractivity (Wildman–Crippen MR) is 74.2 cm³/mol. The van der Waals surface area contributed by atoms with Gasteiger partial charge in [-0.15, -0.1) is 0 Å². The van der Waals surface area contributed by atoms with E-state index in [2.05, 4.69) is 10.6 Å². The van der Waals surface area contributed by atoms with Gasteiger partial charge < -0.3 is 20.5 Å². The number of anilines is 1. The number of carboxylic acids is 1. The van der Waals surface area contributed by atoms with Crippen molar-refractivity contribution in [3.8, 4) is 5.75 Å². The number of rotatable bonds is 4. The van der Waals surface area contributed by atoms with E-state index in [4.69, 9.17) is 9.84 Å². The Bertz CT molecular complexity index is 510. The van der Waals surface area contributed by atoms with Gasteiger partial charge in [0.2, 0.25) is 5.91 Å². The van der Waals surface area contributed by atoms with Crippen molar-refractivity contribution in [2.24, 2.45) is 5.92 Å². The SMILES string of the molecule is COc1ccc(C(=O)O)cc1NC(=O)C1CCCNC1. The van der Waals surface area contributed by atoms with Crippen LogP contribution in [0, 0.1) is 5.92 Å². The zero-order valence-electron chi connectivity index (χ0n) is 11.3. The lowest BCUT2D eigenvalue weighted by Crippen LogP contribution is -2.37. The van der Waals surface area contributed by atoms with Crippen molar-refractivity contribution in [1.29, 1.82) is 0 Å². The molecule has 2 rings (SSSR count). The van der Waals surface area contributed by atoms with E-state index in [0.717, 1.165) is 19.4 Å². The van der Waals surface area contributed by atoms with Crippen LogP contribution in [0.4, 0.5) is 5.69 Å². The first kappa shape index (κ1) is 14.3. The van der Waals surface area contributed by atoms with Crippen LogP contribution in [0.2, 0.25) is 0 Å². The van der Waals surface area contributed by atoms with Gasteiger partial charge in [-0.1, -0.05) is 0 Å². The second kappa shape index (κ2) is 6.38. The van der Waals surface area contributed by atoms with Gasteiger partial charge in [-0.05, 0) is 37.6 Å². The van der Waals surface area contributed by atoms with E-state index < -0.39 is 5.97 Å². The Morgan fingerprint density at radius 1 is 1.45 bits per heavy atom. The molecule has 1 aliphatic heterocycles. The Hall–Kier alpha value is -2.08. The third-order valence-electron chi connectivity index (χ3n) is 3.37. The van der Waals surface area contributed by atoms with Gasteiger partial charge in [-0.25, -0.2) is 4.79 Å². The first-order valence-corrected chi connectivity index (χ1v) is 6.54. The number of methoxy groups -OCH3 is 1. The molecule has 1 heterocycles. The molecule has 1 aromatic carbocycles. The molecule has 1 atom stereocenters. The topological polar surface area (TPSA) is 87.7 Å². The molecular weight excluding hydrogens is 260 g/mol. The molecule has 0 aliphatic carbocycles. The molecule has 3 N–H and O–H groups in total. The molecule has 20 heavy (non-hydrogen) atoms. The van der Waals surface area contributed by atoms with Crippen molar-refractivity contribution >= 4 is 17.6 Å². The summed E-state index contributed by atoms with van der Waals surface area (Å²) in [6.07, 6.45) is 1.80. The Morgan fingerprint density at radius 2 is 2.25 bits per heavy atom. The van der Waals surface area contributed by atoms with Crippen molar-refractivity contribution in [1.82, 2.24) is 5.32 Å². The summed E-state index contributed by atoms with van der Waals surface area (Å²) in [5.74, 6) is -0.797. The average Bonchev–Trinajstić information content (AvgIpc) is 2.48. The van der Waals surface area contributed by atoms with E-state index in [1.165, 1.54) is 25.3 Å². The van der Waals surface area contributed by atoms with Crippen LogP contribution in [0.25, 0.3) is 0 Å². The van der Waals surface area contributed by atoms with Gasteiger partial charge in [0, 0.05) is 6.54 Å². The summed E-state index contributed by atoms with van der Waals surface area (Å²) in [6.45, 7) is 1.58. The number of benzene rings is 1. The summed E-state index contributed by atoms with van der Waals surface area (Å²) in [5.41, 5.74) is 0.505. The highest BCUT2D eigenvalue weighted by Gasteiger charge is 2.22. The van der Waals surface area contributed by atoms with Gasteiger partial charge in [-0.3, -0.25) is 4.79 Å². The van der Waals surface area contributed by atoms with Crippen LogP contribution in [0.1, 0.15) is 23.2 Å². The van der Waals surface area contributed by atoms with E-state index in [9.17, 15) is 9.59 Å². The highest BCUT2D eigenvalue weighted by Crippen LogP contribution is 2.26. The largest absolute Gasteiger partial charge is 0.495 e. The zero-order chi connectivity index (χ0) is 14.5. The highest BCUT2D eigenvalue weighted by molar-refractivity contribution is 5.96. The summed E-state index contributed by atoms with van der Waals surface area (Å²) in [5, 5.41) is 14.9. The summed E-state index contributed by atoms with van der Waals surface area (Å²) in [6, 6.07) is 4.40. The Morgan fingerprint density at radius 3 is 2.85 bits per heavy atom. The van der Waals surface area contributed by atoms with E-state index in [-0.39, 0.29) is 17.4 Å². The van der Waals surface area contributed by atoms with Gasteiger partial charge >= 0.3 is 5.97 Å². The predicted octanol–water partition coefficient (Wildman–Crippen LogP) is 1.33. The third-order valence-corrected chi connectivity index (χ3v) is 3.37. The van der Waals surface area contributed by atoms with Crippen molar-refractivity contribution in [2.75, 3.05) is 25.5 Å². The van der Waals surface area contributed by atoms with Crippen LogP contribution in [-0.4, -0.2) is 37.2 Å². The minimum atomic E-state index is -1.04. The van der Waals surface area contributed by atoms with Crippen molar-refractivity contribution in [3.05, 3.63) is 23.8 Å². The summed E-state index contributed by atoms with van der Waals surface area (Å²) < 4.78 is 5.15. The van der Waals surface area contributed by atoms with Crippen LogP contribution in [-0.2, 0) is 4.79 Å². The van der Waals surface area contributed by atoms with Crippen LogP contribution < -0.4 is 15.4 Å². The summed E-state index contributed by atoms with van der Waals surface area (Å²) in [4.78, 5) is 23.1. The number of hydrogen-bond donors (Lipinski definition) is 3. The fourth-order valence-corrected chi connectivity index (χ4v) is 2.25. The monoisotopic (exact) mass is 278 g/mol. The van der Waals surface area contributed by atoms with Crippen LogP contribution in [0.15, 0.2) is 18.2 Å². The van der Waals surface area contributed by atoms with E-state index in [1.807, 2.05) is 0 Å². The minimum Gasteiger partial charge on any atom is -0.495 e. The van der Waals surface area contributed by atoms with Crippen molar-refractivity contribution in [2.45, 2.75) is 12.8 Å². The van der Waals surface area contributed by atoms with E-state index in [1.54, 1.807) is 0 Å². The smallest absolute Gasteiger partial charge is 0.335 e. The number of hydrogen-bond acceptors (Lipinski definition) is 4. The molecule has 0 bridgehead atoms. The number of amides is 1. The molecule has 0 radical (unpaired) electrons. The summed E-state index contributed by atoms with van der Waals surface area (Å²) in [7, 11) is 1.48. The summed E-state index contributed by atoms with van der Waals surface area (Å²) >= 11 is 0. The van der Waals surface area contributed by atoms with Crippen molar-refractivity contribution < 1.29 is 19.4 Å². The molecular formula is C14H18N2O4. The average molecular weight is 278 g/mol. The minimum absolute atomic E-state index is 0.0954. The molecule has 1 aromatic rings. The molecule has 6 nitrogen and oxygen atoms in total. The molecule has 1 unspecified atom stereocenters. The van der Waals surface area contributed by atoms with E-state index in [0.29, 0.717) is 18.0 Å². The maximum Gasteiger partial charge on any atom is 0.335 e. The fraction of sp³-hybridized carbons (Fsp3) is 0.429. The third kappa shape index (κ3) is 3.27. The molecule has 0 saturated carbocycles. The normalized spacial score (nSPS) is 18.4. The van der Waals surface area contributed by atoms with Crippen LogP contribution >= 0.6 is 0 Å². The number of piperidine rings is 1. The second-order valence-electron chi connectivity index (χ2n) is 4.75. The number of nitrogens with one attached hydrogen (secondary N) is 2.